The summed E-state index contributed by atoms with van der Waals surface area (Å²) in [6.07, 6.45) is 0.574. The van der Waals surface area contributed by atoms with Gasteiger partial charge in [-0.25, -0.2) is 4.98 Å². The molecule has 3 aromatic carbocycles. The largest absolute Gasteiger partial charge is 0.478 e. The van der Waals surface area contributed by atoms with Crippen LogP contribution in [0.3, 0.4) is 0 Å². The number of aromatic nitrogens is 1. The van der Waals surface area contributed by atoms with Gasteiger partial charge in [0.1, 0.15) is 11.3 Å². The standard InChI is InChI=1S/C27H26ClN3O3S/c1-16-13-22-23(14-17(16)2)33-24(30-22)15-18-5-9-20(10-6-18)29-26(35)31-25(32)27(3,4)34-21-11-7-19(28)8-12-21/h5-14H,15H2,1-4H3,(H2,29,31,32,35). The maximum Gasteiger partial charge on any atom is 0.269 e. The van der Waals surface area contributed by atoms with Crippen LogP contribution in [0.5, 0.6) is 5.75 Å². The Morgan fingerprint density at radius 2 is 1.71 bits per heavy atom. The third-order valence-electron chi connectivity index (χ3n) is 5.58. The van der Waals surface area contributed by atoms with Gasteiger partial charge in [-0.2, -0.15) is 0 Å². The fraction of sp³-hybridized carbons (Fsp3) is 0.222. The average Bonchev–Trinajstić information content (AvgIpc) is 3.17. The zero-order chi connectivity index (χ0) is 25.2. The number of hydrogen-bond acceptors (Lipinski definition) is 5. The normalized spacial score (nSPS) is 11.3. The lowest BCUT2D eigenvalue weighted by molar-refractivity contribution is -0.132. The van der Waals surface area contributed by atoms with Gasteiger partial charge in [0, 0.05) is 17.1 Å². The number of benzene rings is 3. The molecule has 1 heterocycles. The second kappa shape index (κ2) is 10.1. The van der Waals surface area contributed by atoms with Gasteiger partial charge in [-0.15, -0.1) is 0 Å². The van der Waals surface area contributed by atoms with Gasteiger partial charge in [0.05, 0.1) is 0 Å². The quantitative estimate of drug-likeness (QED) is 0.296. The second-order valence-corrected chi connectivity index (χ2v) is 9.70. The first-order valence-electron chi connectivity index (χ1n) is 11.1. The Morgan fingerprint density at radius 1 is 1.06 bits per heavy atom. The molecule has 1 aromatic heterocycles. The van der Waals surface area contributed by atoms with E-state index in [2.05, 4.69) is 29.5 Å². The Labute approximate surface area is 214 Å². The third kappa shape index (κ3) is 6.18. The molecule has 180 valence electrons. The number of nitrogens with zero attached hydrogens (tertiary/aromatic N) is 1. The zero-order valence-electron chi connectivity index (χ0n) is 19.9. The number of carbonyl (C=O) groups is 1. The number of hydrogen-bond donors (Lipinski definition) is 2. The average molecular weight is 508 g/mol. The van der Waals surface area contributed by atoms with Crippen LogP contribution in [0.1, 0.15) is 36.4 Å². The number of carbonyl (C=O) groups excluding carboxylic acids is 1. The lowest BCUT2D eigenvalue weighted by Gasteiger charge is -2.25. The highest BCUT2D eigenvalue weighted by Gasteiger charge is 2.30. The highest BCUT2D eigenvalue weighted by Crippen LogP contribution is 2.23. The van der Waals surface area contributed by atoms with Crippen LogP contribution in [0, 0.1) is 13.8 Å². The Morgan fingerprint density at radius 3 is 2.40 bits per heavy atom. The molecule has 4 aromatic rings. The number of thiocarbonyl (C=S) groups is 1. The van der Waals surface area contributed by atoms with Crippen LogP contribution in [-0.4, -0.2) is 21.6 Å². The first-order chi connectivity index (χ1) is 16.6. The number of aryl methyl sites for hydroxylation is 2. The summed E-state index contributed by atoms with van der Waals surface area (Å²) in [6, 6.07) is 18.6. The highest BCUT2D eigenvalue weighted by molar-refractivity contribution is 7.80. The van der Waals surface area contributed by atoms with E-state index in [-0.39, 0.29) is 11.0 Å². The minimum Gasteiger partial charge on any atom is -0.478 e. The van der Waals surface area contributed by atoms with E-state index in [1.165, 1.54) is 11.1 Å². The molecule has 0 aliphatic carbocycles. The van der Waals surface area contributed by atoms with Crippen molar-refractivity contribution in [1.82, 2.24) is 10.3 Å². The summed E-state index contributed by atoms with van der Waals surface area (Å²) in [4.78, 5) is 17.3. The molecule has 0 aliphatic heterocycles. The van der Waals surface area contributed by atoms with Gasteiger partial charge in [0.2, 0.25) is 0 Å². The Balaban J connectivity index is 1.33. The van der Waals surface area contributed by atoms with Crippen molar-refractivity contribution in [3.05, 3.63) is 88.3 Å². The van der Waals surface area contributed by atoms with Crippen molar-refractivity contribution in [2.45, 2.75) is 39.7 Å². The maximum atomic E-state index is 12.7. The van der Waals surface area contributed by atoms with Gasteiger partial charge < -0.3 is 14.5 Å². The first-order valence-corrected chi connectivity index (χ1v) is 11.9. The van der Waals surface area contributed by atoms with Crippen LogP contribution in [0.4, 0.5) is 5.69 Å². The van der Waals surface area contributed by atoms with E-state index in [1.807, 2.05) is 36.4 Å². The number of halogens is 1. The molecule has 2 N–H and O–H groups in total. The molecule has 0 atom stereocenters. The van der Waals surface area contributed by atoms with E-state index in [0.717, 1.165) is 22.4 Å². The predicted molar refractivity (Wildman–Crippen MR) is 143 cm³/mol. The van der Waals surface area contributed by atoms with Gasteiger partial charge in [0.15, 0.2) is 22.2 Å². The van der Waals surface area contributed by atoms with E-state index < -0.39 is 5.60 Å². The van der Waals surface area contributed by atoms with Crippen LogP contribution in [-0.2, 0) is 11.2 Å². The van der Waals surface area contributed by atoms with Crippen molar-refractivity contribution in [2.24, 2.45) is 0 Å². The van der Waals surface area contributed by atoms with Gasteiger partial charge >= 0.3 is 0 Å². The SMILES string of the molecule is Cc1cc2nc(Cc3ccc(NC(=S)NC(=O)C(C)(C)Oc4ccc(Cl)cc4)cc3)oc2cc1C. The minimum atomic E-state index is -1.14. The van der Waals surface area contributed by atoms with Gasteiger partial charge in [-0.3, -0.25) is 10.1 Å². The lowest BCUT2D eigenvalue weighted by atomic mass is 10.1. The van der Waals surface area contributed by atoms with Crippen LogP contribution in [0.25, 0.3) is 11.1 Å². The van der Waals surface area contributed by atoms with Crippen molar-refractivity contribution in [2.75, 3.05) is 5.32 Å². The summed E-state index contributed by atoms with van der Waals surface area (Å²) in [5.74, 6) is 0.827. The summed E-state index contributed by atoms with van der Waals surface area (Å²) < 4.78 is 11.7. The van der Waals surface area contributed by atoms with Gasteiger partial charge in [0.25, 0.3) is 5.91 Å². The van der Waals surface area contributed by atoms with Gasteiger partial charge in [-0.05, 0) is 105 Å². The third-order valence-corrected chi connectivity index (χ3v) is 6.03. The lowest BCUT2D eigenvalue weighted by Crippen LogP contribution is -2.49. The number of ether oxygens (including phenoxy) is 1. The molecule has 0 saturated carbocycles. The fourth-order valence-electron chi connectivity index (χ4n) is 3.44. The molecular formula is C27H26ClN3O3S. The summed E-state index contributed by atoms with van der Waals surface area (Å²) in [5, 5.41) is 6.49. The molecule has 0 aliphatic rings. The number of fused-ring (bicyclic) bond motifs is 1. The minimum absolute atomic E-state index is 0.181. The molecule has 0 spiro atoms. The summed E-state index contributed by atoms with van der Waals surface area (Å²) in [5.41, 5.74) is 4.69. The number of amides is 1. The first kappa shape index (κ1) is 24.7. The molecule has 0 radical (unpaired) electrons. The molecule has 8 heteroatoms. The number of nitrogens with one attached hydrogen (secondary N) is 2. The molecule has 6 nitrogen and oxygen atoms in total. The van der Waals surface area contributed by atoms with Crippen molar-refractivity contribution in [3.8, 4) is 5.75 Å². The summed E-state index contributed by atoms with van der Waals surface area (Å²) in [6.45, 7) is 7.46. The van der Waals surface area contributed by atoms with Crippen molar-refractivity contribution < 1.29 is 13.9 Å². The Hall–Kier alpha value is -3.42. The molecule has 1 amide bonds. The van der Waals surface area contributed by atoms with E-state index in [1.54, 1.807) is 38.1 Å². The molecule has 35 heavy (non-hydrogen) atoms. The molecule has 0 fully saturated rings. The Bertz CT molecular complexity index is 1340. The van der Waals surface area contributed by atoms with E-state index >= 15 is 0 Å². The van der Waals surface area contributed by atoms with Crippen molar-refractivity contribution in [1.29, 1.82) is 0 Å². The predicted octanol–water partition coefficient (Wildman–Crippen LogP) is 6.36. The summed E-state index contributed by atoms with van der Waals surface area (Å²) >= 11 is 11.2. The molecule has 4 rings (SSSR count). The van der Waals surface area contributed by atoms with Gasteiger partial charge in [-0.1, -0.05) is 23.7 Å². The van der Waals surface area contributed by atoms with Crippen molar-refractivity contribution >= 4 is 51.6 Å². The van der Waals surface area contributed by atoms with E-state index in [0.29, 0.717) is 23.1 Å². The molecule has 0 unspecified atom stereocenters. The number of rotatable bonds is 6. The topological polar surface area (TPSA) is 76.4 Å². The smallest absolute Gasteiger partial charge is 0.269 e. The van der Waals surface area contributed by atoms with Crippen molar-refractivity contribution in [3.63, 3.8) is 0 Å². The second-order valence-electron chi connectivity index (χ2n) is 8.86. The molecular weight excluding hydrogens is 482 g/mol. The van der Waals surface area contributed by atoms with Crippen LogP contribution < -0.4 is 15.4 Å². The maximum absolute atomic E-state index is 12.7. The zero-order valence-corrected chi connectivity index (χ0v) is 21.5. The molecule has 0 saturated heterocycles. The number of oxazole rings is 1. The van der Waals surface area contributed by atoms with Crippen LogP contribution >= 0.6 is 23.8 Å². The highest BCUT2D eigenvalue weighted by atomic mass is 35.5. The summed E-state index contributed by atoms with van der Waals surface area (Å²) in [7, 11) is 0. The Kier molecular flexibility index (Phi) is 7.10. The number of anilines is 1. The fourth-order valence-corrected chi connectivity index (χ4v) is 3.78. The monoisotopic (exact) mass is 507 g/mol. The van der Waals surface area contributed by atoms with Crippen LogP contribution in [0.2, 0.25) is 5.02 Å². The van der Waals surface area contributed by atoms with E-state index in [9.17, 15) is 4.79 Å². The molecule has 0 bridgehead atoms. The van der Waals surface area contributed by atoms with Crippen LogP contribution in [0.15, 0.2) is 65.1 Å². The van der Waals surface area contributed by atoms with E-state index in [4.69, 9.17) is 33.0 Å².